The van der Waals surface area contributed by atoms with Crippen LogP contribution in [-0.2, 0) is 17.6 Å². The third-order valence-electron chi connectivity index (χ3n) is 5.67. The lowest BCUT2D eigenvalue weighted by atomic mass is 9.97. The van der Waals surface area contributed by atoms with Crippen molar-refractivity contribution in [2.75, 3.05) is 18.8 Å². The molecule has 1 atom stereocenters. The van der Waals surface area contributed by atoms with E-state index < -0.39 is 0 Å². The van der Waals surface area contributed by atoms with Gasteiger partial charge in [-0.2, -0.15) is 0 Å². The second-order valence-electron chi connectivity index (χ2n) is 7.43. The summed E-state index contributed by atoms with van der Waals surface area (Å²) in [6.45, 7) is 3.98. The molecule has 0 bridgehead atoms. The molecule has 1 aromatic heterocycles. The summed E-state index contributed by atoms with van der Waals surface area (Å²) in [6.07, 6.45) is 6.60. The number of carbonyl (C=O) groups excluding carboxylic acids is 1. The van der Waals surface area contributed by atoms with Crippen molar-refractivity contribution in [1.29, 1.82) is 0 Å². The molecular weight excluding hydrogens is 322 g/mol. The van der Waals surface area contributed by atoms with Gasteiger partial charge in [-0.3, -0.25) is 14.2 Å². The maximum Gasteiger partial charge on any atom is 0.257 e. The highest BCUT2D eigenvalue weighted by molar-refractivity contribution is 7.99. The minimum absolute atomic E-state index is 0.0240. The van der Waals surface area contributed by atoms with E-state index >= 15 is 0 Å². The van der Waals surface area contributed by atoms with E-state index in [4.69, 9.17) is 4.98 Å². The number of fused-ring (bicyclic) bond motifs is 2. The number of thioether (sulfide) groups is 1. The summed E-state index contributed by atoms with van der Waals surface area (Å²) in [6, 6.07) is -0.0240. The Morgan fingerprint density at radius 2 is 2.00 bits per heavy atom. The van der Waals surface area contributed by atoms with Gasteiger partial charge >= 0.3 is 0 Å². The van der Waals surface area contributed by atoms with E-state index in [1.165, 1.54) is 0 Å². The smallest absolute Gasteiger partial charge is 0.257 e. The van der Waals surface area contributed by atoms with Gasteiger partial charge in [-0.1, -0.05) is 18.7 Å². The van der Waals surface area contributed by atoms with Crippen LogP contribution in [0, 0.1) is 5.92 Å². The van der Waals surface area contributed by atoms with Crippen LogP contribution < -0.4 is 5.56 Å². The average molecular weight is 347 g/mol. The Morgan fingerprint density at radius 3 is 2.79 bits per heavy atom. The molecule has 5 nitrogen and oxygen atoms in total. The normalized spacial score (nSPS) is 23.9. The topological polar surface area (TPSA) is 55.2 Å². The molecule has 2 aliphatic heterocycles. The Kier molecular flexibility index (Phi) is 4.41. The Bertz CT molecular complexity index is 707. The van der Waals surface area contributed by atoms with Gasteiger partial charge in [0.25, 0.3) is 5.56 Å². The van der Waals surface area contributed by atoms with Gasteiger partial charge in [0.15, 0.2) is 5.16 Å². The first-order chi connectivity index (χ1) is 11.6. The number of likely N-dealkylation sites (tertiary alicyclic amines) is 1. The van der Waals surface area contributed by atoms with Crippen LogP contribution >= 0.6 is 11.8 Å². The van der Waals surface area contributed by atoms with E-state index in [2.05, 4.69) is 6.92 Å². The van der Waals surface area contributed by atoms with E-state index in [0.717, 1.165) is 79.7 Å². The number of piperidine rings is 1. The van der Waals surface area contributed by atoms with Crippen molar-refractivity contribution in [2.45, 2.75) is 63.1 Å². The zero-order valence-electron chi connectivity index (χ0n) is 14.3. The first-order valence-corrected chi connectivity index (χ1v) is 10.2. The van der Waals surface area contributed by atoms with Crippen LogP contribution in [0.2, 0.25) is 0 Å². The van der Waals surface area contributed by atoms with Crippen molar-refractivity contribution < 1.29 is 4.79 Å². The largest absolute Gasteiger partial charge is 0.343 e. The van der Waals surface area contributed by atoms with Crippen molar-refractivity contribution in [3.8, 4) is 0 Å². The molecule has 3 aliphatic rings. The summed E-state index contributed by atoms with van der Waals surface area (Å²) in [7, 11) is 0. The molecule has 1 amide bonds. The summed E-state index contributed by atoms with van der Waals surface area (Å²) in [5, 5.41) is 0.825. The Morgan fingerprint density at radius 1 is 1.25 bits per heavy atom. The highest BCUT2D eigenvalue weighted by Gasteiger charge is 2.32. The van der Waals surface area contributed by atoms with E-state index in [9.17, 15) is 9.59 Å². The molecule has 0 spiro atoms. The number of aromatic nitrogens is 2. The number of hydrogen-bond donors (Lipinski definition) is 0. The number of rotatable bonds is 2. The van der Waals surface area contributed by atoms with Crippen LogP contribution in [0.15, 0.2) is 9.95 Å². The molecule has 1 fully saturated rings. The fourth-order valence-electron chi connectivity index (χ4n) is 4.05. The zero-order chi connectivity index (χ0) is 16.7. The first kappa shape index (κ1) is 16.2. The standard InChI is InChI=1S/C18H25N3O2S/c1-12-6-8-20(9-7-12)16(22)10-13-11-24-18-19-15-5-3-2-4-14(15)17(23)21(13)18/h12-13H,2-11H2,1H3. The average Bonchev–Trinajstić information content (AvgIpc) is 2.98. The predicted octanol–water partition coefficient (Wildman–Crippen LogP) is 2.42. The van der Waals surface area contributed by atoms with Gasteiger partial charge in [-0.25, -0.2) is 4.98 Å². The molecule has 1 unspecified atom stereocenters. The second kappa shape index (κ2) is 6.54. The monoisotopic (exact) mass is 347 g/mol. The number of hydrogen-bond acceptors (Lipinski definition) is 4. The molecule has 4 rings (SSSR count). The highest BCUT2D eigenvalue weighted by Crippen LogP contribution is 2.34. The summed E-state index contributed by atoms with van der Waals surface area (Å²) in [5.74, 6) is 1.71. The van der Waals surface area contributed by atoms with Crippen molar-refractivity contribution in [3.05, 3.63) is 21.6 Å². The molecule has 0 aromatic carbocycles. The molecule has 3 heterocycles. The molecule has 0 saturated carbocycles. The van der Waals surface area contributed by atoms with Gasteiger partial charge < -0.3 is 4.90 Å². The number of amides is 1. The quantitative estimate of drug-likeness (QED) is 0.771. The highest BCUT2D eigenvalue weighted by atomic mass is 32.2. The Hall–Kier alpha value is -1.30. The number of carbonyl (C=O) groups is 1. The summed E-state index contributed by atoms with van der Waals surface area (Å²) in [4.78, 5) is 32.3. The summed E-state index contributed by atoms with van der Waals surface area (Å²) < 4.78 is 1.82. The van der Waals surface area contributed by atoms with Gasteiger partial charge in [0.2, 0.25) is 5.91 Å². The molecule has 0 radical (unpaired) electrons. The molecule has 130 valence electrons. The van der Waals surface area contributed by atoms with Crippen molar-refractivity contribution in [2.24, 2.45) is 5.92 Å². The van der Waals surface area contributed by atoms with Gasteiger partial charge in [0.1, 0.15) is 0 Å². The predicted molar refractivity (Wildman–Crippen MR) is 94.5 cm³/mol. The summed E-state index contributed by atoms with van der Waals surface area (Å²) >= 11 is 1.63. The van der Waals surface area contributed by atoms with Crippen LogP contribution in [0.4, 0.5) is 0 Å². The van der Waals surface area contributed by atoms with Gasteiger partial charge in [0, 0.05) is 30.8 Å². The van der Waals surface area contributed by atoms with Crippen LogP contribution in [0.25, 0.3) is 0 Å². The Balaban J connectivity index is 1.54. The fourth-order valence-corrected chi connectivity index (χ4v) is 5.21. The fraction of sp³-hybridized carbons (Fsp3) is 0.722. The minimum atomic E-state index is -0.0240. The SMILES string of the molecule is CC1CCN(C(=O)CC2CSc3nc4c(c(=O)n32)CCCC4)CC1. The minimum Gasteiger partial charge on any atom is -0.343 e. The van der Waals surface area contributed by atoms with Gasteiger partial charge in [-0.05, 0) is 44.4 Å². The van der Waals surface area contributed by atoms with Gasteiger partial charge in [-0.15, -0.1) is 0 Å². The molecule has 1 aromatic rings. The van der Waals surface area contributed by atoms with Crippen LogP contribution in [-0.4, -0.2) is 39.2 Å². The molecule has 6 heteroatoms. The molecular formula is C18H25N3O2S. The molecule has 0 N–H and O–H groups in total. The lowest BCUT2D eigenvalue weighted by Crippen LogP contribution is -2.40. The van der Waals surface area contributed by atoms with E-state index in [1.807, 2.05) is 9.47 Å². The van der Waals surface area contributed by atoms with Crippen molar-refractivity contribution in [1.82, 2.24) is 14.5 Å². The summed E-state index contributed by atoms with van der Waals surface area (Å²) in [5.41, 5.74) is 2.02. The first-order valence-electron chi connectivity index (χ1n) is 9.18. The lowest BCUT2D eigenvalue weighted by Gasteiger charge is -2.31. The van der Waals surface area contributed by atoms with Crippen LogP contribution in [0.3, 0.4) is 0 Å². The third kappa shape index (κ3) is 2.89. The van der Waals surface area contributed by atoms with Gasteiger partial charge in [0.05, 0.1) is 11.7 Å². The zero-order valence-corrected chi connectivity index (χ0v) is 15.1. The van der Waals surface area contributed by atoms with Crippen molar-refractivity contribution in [3.63, 3.8) is 0 Å². The number of aryl methyl sites for hydroxylation is 1. The molecule has 24 heavy (non-hydrogen) atoms. The maximum absolute atomic E-state index is 12.9. The van der Waals surface area contributed by atoms with Crippen molar-refractivity contribution >= 4 is 17.7 Å². The molecule has 1 saturated heterocycles. The van der Waals surface area contributed by atoms with E-state index in [-0.39, 0.29) is 17.5 Å². The lowest BCUT2D eigenvalue weighted by molar-refractivity contribution is -0.133. The van der Waals surface area contributed by atoms with E-state index in [1.54, 1.807) is 11.8 Å². The molecule has 1 aliphatic carbocycles. The maximum atomic E-state index is 12.9. The van der Waals surface area contributed by atoms with Crippen LogP contribution in [0.1, 0.15) is 56.3 Å². The van der Waals surface area contributed by atoms with Crippen LogP contribution in [0.5, 0.6) is 0 Å². The Labute approximate surface area is 146 Å². The second-order valence-corrected chi connectivity index (χ2v) is 8.42. The number of nitrogens with zero attached hydrogens (tertiary/aromatic N) is 3. The third-order valence-corrected chi connectivity index (χ3v) is 6.77. The van der Waals surface area contributed by atoms with E-state index in [0.29, 0.717) is 6.42 Å².